The first-order valence-corrected chi connectivity index (χ1v) is 8.48. The molecule has 3 aliphatic rings. The number of hydrogen-bond acceptors (Lipinski definition) is 3. The van der Waals surface area contributed by atoms with Crippen LogP contribution in [0.3, 0.4) is 0 Å². The number of ether oxygens (including phenoxy) is 1. The Hall–Kier alpha value is -1.88. The fraction of sp³-hybridized carbons (Fsp3) is 0.556. The van der Waals surface area contributed by atoms with E-state index < -0.39 is 5.41 Å². The first-order valence-electron chi connectivity index (χ1n) is 8.48. The SMILES string of the molecule is O=C(C1CCOCC1)N1CCC[C@@]2(C1)C(=O)Nc1ccccc12. The molecule has 1 atom stereocenters. The van der Waals surface area contributed by atoms with Crippen LogP contribution >= 0.6 is 0 Å². The van der Waals surface area contributed by atoms with E-state index in [4.69, 9.17) is 4.74 Å². The van der Waals surface area contributed by atoms with Gasteiger partial charge in [-0.05, 0) is 37.3 Å². The van der Waals surface area contributed by atoms with Crippen molar-refractivity contribution in [1.82, 2.24) is 4.90 Å². The van der Waals surface area contributed by atoms with Crippen LogP contribution in [-0.2, 0) is 19.7 Å². The number of piperidine rings is 1. The predicted molar refractivity (Wildman–Crippen MR) is 86.1 cm³/mol. The molecule has 2 saturated heterocycles. The zero-order valence-corrected chi connectivity index (χ0v) is 13.2. The smallest absolute Gasteiger partial charge is 0.236 e. The Bertz CT molecular complexity index is 639. The zero-order chi connectivity index (χ0) is 15.9. The van der Waals surface area contributed by atoms with Gasteiger partial charge in [-0.3, -0.25) is 9.59 Å². The van der Waals surface area contributed by atoms with Gasteiger partial charge in [-0.2, -0.15) is 0 Å². The van der Waals surface area contributed by atoms with Gasteiger partial charge in [0.05, 0.1) is 5.41 Å². The summed E-state index contributed by atoms with van der Waals surface area (Å²) in [6.07, 6.45) is 3.28. The molecule has 23 heavy (non-hydrogen) atoms. The minimum Gasteiger partial charge on any atom is -0.381 e. The molecule has 2 amide bonds. The number of nitrogens with one attached hydrogen (secondary N) is 1. The lowest BCUT2D eigenvalue weighted by Crippen LogP contribution is -2.53. The Kier molecular flexibility index (Phi) is 3.60. The molecule has 0 bridgehead atoms. The minimum absolute atomic E-state index is 0.0446. The molecule has 3 heterocycles. The monoisotopic (exact) mass is 314 g/mol. The summed E-state index contributed by atoms with van der Waals surface area (Å²) in [6, 6.07) is 7.88. The van der Waals surface area contributed by atoms with Crippen molar-refractivity contribution in [3.05, 3.63) is 29.8 Å². The number of hydrogen-bond donors (Lipinski definition) is 1. The molecule has 0 aromatic heterocycles. The number of carbonyl (C=O) groups excluding carboxylic acids is 2. The van der Waals surface area contributed by atoms with Gasteiger partial charge in [0.2, 0.25) is 11.8 Å². The fourth-order valence-corrected chi connectivity index (χ4v) is 4.23. The number of nitrogens with zero attached hydrogens (tertiary/aromatic N) is 1. The summed E-state index contributed by atoms with van der Waals surface area (Å²) in [4.78, 5) is 27.5. The van der Waals surface area contributed by atoms with E-state index in [1.54, 1.807) is 0 Å². The number of amides is 2. The van der Waals surface area contributed by atoms with Crippen molar-refractivity contribution >= 4 is 17.5 Å². The zero-order valence-electron chi connectivity index (χ0n) is 13.2. The molecule has 5 nitrogen and oxygen atoms in total. The topological polar surface area (TPSA) is 58.6 Å². The summed E-state index contributed by atoms with van der Waals surface area (Å²) in [6.45, 7) is 2.59. The normalized spacial score (nSPS) is 27.8. The molecule has 5 heteroatoms. The van der Waals surface area contributed by atoms with Crippen molar-refractivity contribution in [2.75, 3.05) is 31.6 Å². The van der Waals surface area contributed by atoms with Crippen LogP contribution in [0.4, 0.5) is 5.69 Å². The quantitative estimate of drug-likeness (QED) is 0.861. The Morgan fingerprint density at radius 1 is 1.26 bits per heavy atom. The van der Waals surface area contributed by atoms with Crippen molar-refractivity contribution < 1.29 is 14.3 Å². The summed E-state index contributed by atoms with van der Waals surface area (Å²) in [7, 11) is 0. The Labute approximate surface area is 136 Å². The van der Waals surface area contributed by atoms with Gasteiger partial charge in [0, 0.05) is 37.9 Å². The van der Waals surface area contributed by atoms with Gasteiger partial charge >= 0.3 is 0 Å². The number of likely N-dealkylation sites (tertiary alicyclic amines) is 1. The third-order valence-electron chi connectivity index (χ3n) is 5.50. The number of fused-ring (bicyclic) bond motifs is 2. The average molecular weight is 314 g/mol. The van der Waals surface area contributed by atoms with Crippen molar-refractivity contribution in [2.45, 2.75) is 31.1 Å². The lowest BCUT2D eigenvalue weighted by Gasteiger charge is -2.40. The van der Waals surface area contributed by atoms with E-state index in [9.17, 15) is 9.59 Å². The molecular formula is C18H22N2O3. The highest BCUT2D eigenvalue weighted by Gasteiger charge is 2.50. The summed E-state index contributed by atoms with van der Waals surface area (Å²) in [5, 5.41) is 3.00. The predicted octanol–water partition coefficient (Wildman–Crippen LogP) is 1.93. The van der Waals surface area contributed by atoms with E-state index in [0.29, 0.717) is 19.8 Å². The van der Waals surface area contributed by atoms with Crippen LogP contribution in [-0.4, -0.2) is 43.0 Å². The summed E-state index contributed by atoms with van der Waals surface area (Å²) in [5.74, 6) is 0.298. The van der Waals surface area contributed by atoms with E-state index >= 15 is 0 Å². The van der Waals surface area contributed by atoms with Crippen LogP contribution in [0.5, 0.6) is 0 Å². The van der Waals surface area contributed by atoms with Gasteiger partial charge in [0.1, 0.15) is 0 Å². The van der Waals surface area contributed by atoms with Gasteiger partial charge in [-0.25, -0.2) is 0 Å². The lowest BCUT2D eigenvalue weighted by molar-refractivity contribution is -0.142. The van der Waals surface area contributed by atoms with Crippen LogP contribution in [0.2, 0.25) is 0 Å². The summed E-state index contributed by atoms with van der Waals surface area (Å²) >= 11 is 0. The summed E-state index contributed by atoms with van der Waals surface area (Å²) in [5.41, 5.74) is 1.39. The Morgan fingerprint density at radius 2 is 2.04 bits per heavy atom. The first kappa shape index (κ1) is 14.7. The van der Waals surface area contributed by atoms with Crippen molar-refractivity contribution in [2.24, 2.45) is 5.92 Å². The van der Waals surface area contributed by atoms with E-state index in [1.165, 1.54) is 0 Å². The van der Waals surface area contributed by atoms with Crippen molar-refractivity contribution in [3.8, 4) is 0 Å². The molecule has 2 fully saturated rings. The van der Waals surface area contributed by atoms with Crippen LogP contribution in [0.25, 0.3) is 0 Å². The second-order valence-electron chi connectivity index (χ2n) is 6.83. The molecule has 4 rings (SSSR count). The van der Waals surface area contributed by atoms with Crippen LogP contribution < -0.4 is 5.32 Å². The lowest BCUT2D eigenvalue weighted by atomic mass is 9.74. The summed E-state index contributed by atoms with van der Waals surface area (Å²) < 4.78 is 5.36. The molecule has 1 aromatic carbocycles. The highest BCUT2D eigenvalue weighted by Crippen LogP contribution is 2.43. The first-order chi connectivity index (χ1) is 11.2. The van der Waals surface area contributed by atoms with E-state index in [2.05, 4.69) is 5.32 Å². The largest absolute Gasteiger partial charge is 0.381 e. The van der Waals surface area contributed by atoms with E-state index in [0.717, 1.165) is 43.5 Å². The number of para-hydroxylation sites is 1. The minimum atomic E-state index is -0.560. The molecular weight excluding hydrogens is 292 g/mol. The molecule has 122 valence electrons. The van der Waals surface area contributed by atoms with Crippen LogP contribution in [0.15, 0.2) is 24.3 Å². The van der Waals surface area contributed by atoms with Gasteiger partial charge in [-0.15, -0.1) is 0 Å². The number of carbonyl (C=O) groups is 2. The molecule has 3 aliphatic heterocycles. The molecule has 0 radical (unpaired) electrons. The highest BCUT2D eigenvalue weighted by atomic mass is 16.5. The van der Waals surface area contributed by atoms with Gasteiger partial charge in [0.25, 0.3) is 0 Å². The molecule has 0 unspecified atom stereocenters. The van der Waals surface area contributed by atoms with Crippen molar-refractivity contribution in [1.29, 1.82) is 0 Å². The van der Waals surface area contributed by atoms with Crippen LogP contribution in [0.1, 0.15) is 31.2 Å². The maximum Gasteiger partial charge on any atom is 0.236 e. The van der Waals surface area contributed by atoms with Crippen LogP contribution in [0, 0.1) is 5.92 Å². The van der Waals surface area contributed by atoms with E-state index in [-0.39, 0.29) is 17.7 Å². The second-order valence-corrected chi connectivity index (χ2v) is 6.83. The molecule has 1 spiro atoms. The fourth-order valence-electron chi connectivity index (χ4n) is 4.23. The number of rotatable bonds is 1. The van der Waals surface area contributed by atoms with Gasteiger partial charge in [-0.1, -0.05) is 18.2 Å². The molecule has 1 N–H and O–H groups in total. The second kappa shape index (κ2) is 5.64. The number of benzene rings is 1. The average Bonchev–Trinajstić information content (AvgIpc) is 2.87. The third-order valence-corrected chi connectivity index (χ3v) is 5.50. The van der Waals surface area contributed by atoms with Crippen molar-refractivity contribution in [3.63, 3.8) is 0 Å². The van der Waals surface area contributed by atoms with Gasteiger partial charge in [0.15, 0.2) is 0 Å². The molecule has 1 aromatic rings. The Balaban J connectivity index is 1.59. The molecule has 0 saturated carbocycles. The maximum absolute atomic E-state index is 12.9. The molecule has 0 aliphatic carbocycles. The standard InChI is InChI=1S/C18H22N2O3/c21-16(13-6-10-23-11-7-13)20-9-3-8-18(12-20)14-4-1-2-5-15(14)19-17(18)22/h1-2,4-5,13H,3,6-12H2,(H,19,22)/t18-/m0/s1. The third kappa shape index (κ3) is 2.34. The maximum atomic E-state index is 12.9. The highest BCUT2D eigenvalue weighted by molar-refractivity contribution is 6.06. The van der Waals surface area contributed by atoms with E-state index in [1.807, 2.05) is 29.2 Å². The number of anilines is 1. The van der Waals surface area contributed by atoms with Gasteiger partial charge < -0.3 is 15.0 Å². The Morgan fingerprint density at radius 3 is 2.87 bits per heavy atom.